The smallest absolute Gasteiger partial charge is 0.320 e. The van der Waals surface area contributed by atoms with Crippen LogP contribution in [0.25, 0.3) is 0 Å². The van der Waals surface area contributed by atoms with Gasteiger partial charge in [-0.25, -0.2) is 4.79 Å². The molecule has 0 aliphatic carbocycles. The van der Waals surface area contributed by atoms with E-state index in [1.807, 2.05) is 30.1 Å². The van der Waals surface area contributed by atoms with Crippen molar-refractivity contribution in [1.82, 2.24) is 14.7 Å². The molecule has 0 bridgehead atoms. The summed E-state index contributed by atoms with van der Waals surface area (Å²) < 4.78 is 0. The molecule has 0 radical (unpaired) electrons. The number of carbonyl (C=O) groups is 1. The van der Waals surface area contributed by atoms with E-state index in [1.54, 1.807) is 9.80 Å². The normalized spacial score (nSPS) is 21.8. The molecule has 1 atom stereocenters. The summed E-state index contributed by atoms with van der Waals surface area (Å²) in [7, 11) is 1.85. The Morgan fingerprint density at radius 2 is 2.00 bits per heavy atom. The summed E-state index contributed by atoms with van der Waals surface area (Å²) in [6, 6.07) is 10.6. The molecule has 2 aliphatic heterocycles. The maximum Gasteiger partial charge on any atom is 0.320 e. The quantitative estimate of drug-likeness (QED) is 0.777. The molecule has 1 aromatic carbocycles. The zero-order chi connectivity index (χ0) is 14.8. The van der Waals surface area contributed by atoms with Gasteiger partial charge in [-0.05, 0) is 12.0 Å². The highest BCUT2D eigenvalue weighted by atomic mass is 16.2. The molecule has 5 heteroatoms. The van der Waals surface area contributed by atoms with E-state index in [9.17, 15) is 4.79 Å². The number of benzene rings is 1. The number of nitrogens with zero attached hydrogens (tertiary/aromatic N) is 4. The van der Waals surface area contributed by atoms with Gasteiger partial charge >= 0.3 is 6.03 Å². The number of likely N-dealkylation sites (N-methyl/N-ethyl adjacent to an activating group) is 1. The van der Waals surface area contributed by atoms with Gasteiger partial charge in [-0.2, -0.15) is 5.26 Å². The van der Waals surface area contributed by atoms with Crippen LogP contribution in [0.4, 0.5) is 4.79 Å². The van der Waals surface area contributed by atoms with Gasteiger partial charge < -0.3 is 14.7 Å². The van der Waals surface area contributed by atoms with Gasteiger partial charge in [-0.15, -0.1) is 0 Å². The number of hydrogen-bond donors (Lipinski definition) is 0. The lowest BCUT2D eigenvalue weighted by Crippen LogP contribution is -2.55. The maximum absolute atomic E-state index is 12.4. The highest BCUT2D eigenvalue weighted by Crippen LogP contribution is 2.28. The Balaban J connectivity index is 1.53. The van der Waals surface area contributed by atoms with Crippen molar-refractivity contribution in [3.05, 3.63) is 35.9 Å². The molecule has 110 valence electrons. The predicted molar refractivity (Wildman–Crippen MR) is 79.5 cm³/mol. The lowest BCUT2D eigenvalue weighted by atomic mass is 9.92. The summed E-state index contributed by atoms with van der Waals surface area (Å²) in [5.74, 6) is 0.461. The number of urea groups is 1. The molecular weight excluding hydrogens is 264 g/mol. The molecular formula is C16H20N4O. The third-order valence-electron chi connectivity index (χ3n) is 4.58. The number of rotatable bonds is 2. The second-order valence-corrected chi connectivity index (χ2v) is 5.89. The zero-order valence-corrected chi connectivity index (χ0v) is 12.3. The van der Waals surface area contributed by atoms with Crippen LogP contribution in [-0.4, -0.2) is 60.0 Å². The third-order valence-corrected chi connectivity index (χ3v) is 4.58. The van der Waals surface area contributed by atoms with Gasteiger partial charge in [0.1, 0.15) is 0 Å². The van der Waals surface area contributed by atoms with Gasteiger partial charge in [-0.3, -0.25) is 0 Å². The van der Waals surface area contributed by atoms with Gasteiger partial charge in [0.25, 0.3) is 0 Å². The van der Waals surface area contributed by atoms with Crippen LogP contribution in [0.2, 0.25) is 0 Å². The summed E-state index contributed by atoms with van der Waals surface area (Å²) in [6.07, 6.45) is 3.04. The Hall–Kier alpha value is -2.22. The van der Waals surface area contributed by atoms with E-state index in [0.29, 0.717) is 12.5 Å². The fourth-order valence-electron chi connectivity index (χ4n) is 3.10. The maximum atomic E-state index is 12.4. The number of hydrogen-bond acceptors (Lipinski definition) is 3. The van der Waals surface area contributed by atoms with Crippen LogP contribution in [-0.2, 0) is 0 Å². The molecule has 2 saturated heterocycles. The molecule has 3 rings (SSSR count). The van der Waals surface area contributed by atoms with E-state index >= 15 is 0 Å². The van der Waals surface area contributed by atoms with Gasteiger partial charge in [0.15, 0.2) is 6.19 Å². The van der Waals surface area contributed by atoms with Crippen molar-refractivity contribution in [2.24, 2.45) is 0 Å². The standard InChI is InChI=1S/C16H20N4O/c1-18(15-7-8-19(11-15)12-17)16(21)20-9-14(10-20)13-5-3-2-4-6-13/h2-6,14-15H,7-11H2,1H3/t15-/m1/s1. The topological polar surface area (TPSA) is 50.6 Å². The number of likely N-dealkylation sites (tertiary alicyclic amines) is 2. The lowest BCUT2D eigenvalue weighted by molar-refractivity contribution is 0.110. The van der Waals surface area contributed by atoms with Gasteiger partial charge in [0, 0.05) is 39.1 Å². The van der Waals surface area contributed by atoms with Crippen molar-refractivity contribution >= 4 is 6.03 Å². The van der Waals surface area contributed by atoms with Crippen molar-refractivity contribution in [2.45, 2.75) is 18.4 Å². The predicted octanol–water partition coefficient (Wildman–Crippen LogP) is 1.69. The van der Waals surface area contributed by atoms with E-state index < -0.39 is 0 Å². The Morgan fingerprint density at radius 3 is 2.62 bits per heavy atom. The number of nitriles is 1. The minimum Gasteiger partial charge on any atom is -0.323 e. The number of amides is 2. The molecule has 0 aromatic heterocycles. The molecule has 2 fully saturated rings. The molecule has 2 amide bonds. The summed E-state index contributed by atoms with van der Waals surface area (Å²) >= 11 is 0. The minimum absolute atomic E-state index is 0.0898. The van der Waals surface area contributed by atoms with Crippen molar-refractivity contribution in [1.29, 1.82) is 5.26 Å². The molecule has 0 unspecified atom stereocenters. The summed E-state index contributed by atoms with van der Waals surface area (Å²) in [5.41, 5.74) is 1.31. The Morgan fingerprint density at radius 1 is 1.29 bits per heavy atom. The second-order valence-electron chi connectivity index (χ2n) is 5.89. The molecule has 0 saturated carbocycles. The highest BCUT2D eigenvalue weighted by molar-refractivity contribution is 5.75. The SMILES string of the molecule is CN(C(=O)N1CC(c2ccccc2)C1)[C@@H]1CCN(C#N)C1. The Labute approximate surface area is 125 Å². The highest BCUT2D eigenvalue weighted by Gasteiger charge is 2.36. The lowest BCUT2D eigenvalue weighted by Gasteiger charge is -2.42. The van der Waals surface area contributed by atoms with Gasteiger partial charge in [0.2, 0.25) is 0 Å². The molecule has 2 aliphatic rings. The van der Waals surface area contributed by atoms with Crippen molar-refractivity contribution < 1.29 is 4.79 Å². The average molecular weight is 284 g/mol. The average Bonchev–Trinajstić information content (AvgIpc) is 2.95. The third kappa shape index (κ3) is 2.66. The molecule has 5 nitrogen and oxygen atoms in total. The Bertz CT molecular complexity index is 547. The first-order valence-electron chi connectivity index (χ1n) is 7.40. The fourth-order valence-corrected chi connectivity index (χ4v) is 3.10. The monoisotopic (exact) mass is 284 g/mol. The van der Waals surface area contributed by atoms with Crippen molar-refractivity contribution in [3.8, 4) is 6.19 Å². The summed E-state index contributed by atoms with van der Waals surface area (Å²) in [5, 5.41) is 8.89. The van der Waals surface area contributed by atoms with E-state index in [-0.39, 0.29) is 12.1 Å². The molecule has 0 N–H and O–H groups in total. The molecule has 21 heavy (non-hydrogen) atoms. The largest absolute Gasteiger partial charge is 0.323 e. The summed E-state index contributed by atoms with van der Waals surface area (Å²) in [6.45, 7) is 3.00. The fraction of sp³-hybridized carbons (Fsp3) is 0.500. The van der Waals surface area contributed by atoms with Crippen molar-refractivity contribution in [2.75, 3.05) is 33.2 Å². The van der Waals surface area contributed by atoms with Crippen LogP contribution in [0.5, 0.6) is 0 Å². The van der Waals surface area contributed by atoms with Crippen LogP contribution in [0.15, 0.2) is 30.3 Å². The van der Waals surface area contributed by atoms with Crippen LogP contribution < -0.4 is 0 Å². The van der Waals surface area contributed by atoms with E-state index in [2.05, 4.69) is 18.3 Å². The van der Waals surface area contributed by atoms with E-state index in [0.717, 1.165) is 26.1 Å². The van der Waals surface area contributed by atoms with Gasteiger partial charge in [-0.1, -0.05) is 30.3 Å². The summed E-state index contributed by atoms with van der Waals surface area (Å²) in [4.78, 5) is 17.9. The first kappa shape index (κ1) is 13.7. The van der Waals surface area contributed by atoms with Crippen LogP contribution in [0, 0.1) is 11.5 Å². The number of carbonyl (C=O) groups excluding carboxylic acids is 1. The van der Waals surface area contributed by atoms with Crippen molar-refractivity contribution in [3.63, 3.8) is 0 Å². The van der Waals surface area contributed by atoms with Crippen LogP contribution in [0.3, 0.4) is 0 Å². The van der Waals surface area contributed by atoms with Crippen LogP contribution >= 0.6 is 0 Å². The van der Waals surface area contributed by atoms with Gasteiger partial charge in [0.05, 0.1) is 6.04 Å². The molecule has 0 spiro atoms. The Kier molecular flexibility index (Phi) is 3.70. The van der Waals surface area contributed by atoms with E-state index in [1.165, 1.54) is 5.56 Å². The molecule has 2 heterocycles. The first-order valence-corrected chi connectivity index (χ1v) is 7.40. The minimum atomic E-state index is 0.0898. The molecule has 1 aromatic rings. The zero-order valence-electron chi connectivity index (χ0n) is 12.3. The first-order chi connectivity index (χ1) is 10.2. The van der Waals surface area contributed by atoms with Crippen LogP contribution in [0.1, 0.15) is 17.9 Å². The second kappa shape index (κ2) is 5.65. The van der Waals surface area contributed by atoms with E-state index in [4.69, 9.17) is 5.26 Å².